The molecule has 9 heteroatoms. The SMILES string of the molecule is Cc1nc(=S)c2cnn([C@@H]3O[C@H](CO)[C@@H](O)[C@H]3O)c2[nH]1. The predicted molar refractivity (Wildman–Crippen MR) is 70.5 cm³/mol. The summed E-state index contributed by atoms with van der Waals surface area (Å²) in [5.74, 6) is 0.607. The van der Waals surface area contributed by atoms with Gasteiger partial charge in [0.05, 0.1) is 18.2 Å². The van der Waals surface area contributed by atoms with Gasteiger partial charge in [-0.2, -0.15) is 5.10 Å². The van der Waals surface area contributed by atoms with Crippen LogP contribution in [0.2, 0.25) is 0 Å². The second-order valence-corrected chi connectivity index (χ2v) is 5.09. The fourth-order valence-corrected chi connectivity index (χ4v) is 2.62. The Morgan fingerprint density at radius 1 is 1.45 bits per heavy atom. The molecule has 2 aromatic heterocycles. The van der Waals surface area contributed by atoms with Gasteiger partial charge in [-0.15, -0.1) is 0 Å². The summed E-state index contributed by atoms with van der Waals surface area (Å²) in [6.07, 6.45) is -2.58. The molecule has 2 aromatic rings. The minimum Gasteiger partial charge on any atom is -0.394 e. The lowest BCUT2D eigenvalue weighted by atomic mass is 10.1. The van der Waals surface area contributed by atoms with Gasteiger partial charge >= 0.3 is 0 Å². The molecular weight excluding hydrogens is 284 g/mol. The molecule has 3 heterocycles. The third-order valence-corrected chi connectivity index (χ3v) is 3.66. The Hall–Kier alpha value is -1.39. The fraction of sp³-hybridized carbons (Fsp3) is 0.545. The number of H-pyrrole nitrogens is 1. The van der Waals surface area contributed by atoms with Gasteiger partial charge in [0, 0.05) is 0 Å². The minimum absolute atomic E-state index is 0.384. The summed E-state index contributed by atoms with van der Waals surface area (Å²) in [5, 5.41) is 33.7. The smallest absolute Gasteiger partial charge is 0.181 e. The summed E-state index contributed by atoms with van der Waals surface area (Å²) in [7, 11) is 0. The van der Waals surface area contributed by atoms with E-state index in [4.69, 9.17) is 22.1 Å². The van der Waals surface area contributed by atoms with E-state index in [2.05, 4.69) is 15.1 Å². The van der Waals surface area contributed by atoms with E-state index in [0.717, 1.165) is 0 Å². The van der Waals surface area contributed by atoms with Gasteiger partial charge in [-0.3, -0.25) is 0 Å². The largest absolute Gasteiger partial charge is 0.394 e. The van der Waals surface area contributed by atoms with Crippen LogP contribution in [0.1, 0.15) is 12.1 Å². The van der Waals surface area contributed by atoms with Crippen LogP contribution in [0.4, 0.5) is 0 Å². The number of hydrogen-bond acceptors (Lipinski definition) is 7. The van der Waals surface area contributed by atoms with Gasteiger partial charge in [-0.1, -0.05) is 12.2 Å². The molecule has 0 bridgehead atoms. The summed E-state index contributed by atoms with van der Waals surface area (Å²) >= 11 is 5.15. The molecule has 0 unspecified atom stereocenters. The van der Waals surface area contributed by atoms with Crippen LogP contribution >= 0.6 is 12.2 Å². The first-order chi connectivity index (χ1) is 9.52. The Morgan fingerprint density at radius 3 is 2.85 bits per heavy atom. The molecule has 0 spiro atoms. The van der Waals surface area contributed by atoms with Crippen molar-refractivity contribution in [2.24, 2.45) is 0 Å². The van der Waals surface area contributed by atoms with E-state index in [1.54, 1.807) is 6.92 Å². The summed E-state index contributed by atoms with van der Waals surface area (Å²) in [4.78, 5) is 7.13. The average molecular weight is 298 g/mol. The maximum atomic E-state index is 10.0. The lowest BCUT2D eigenvalue weighted by Crippen LogP contribution is -2.33. The van der Waals surface area contributed by atoms with Gasteiger partial charge in [0.15, 0.2) is 6.23 Å². The number of aliphatic hydroxyl groups is 3. The lowest BCUT2D eigenvalue weighted by molar-refractivity contribution is -0.0566. The highest BCUT2D eigenvalue weighted by molar-refractivity contribution is 7.71. The Bertz CT molecular complexity index is 699. The molecule has 8 nitrogen and oxygen atoms in total. The van der Waals surface area contributed by atoms with Crippen LogP contribution in [0, 0.1) is 11.6 Å². The monoisotopic (exact) mass is 298 g/mol. The fourth-order valence-electron chi connectivity index (χ4n) is 2.33. The first-order valence-electron chi connectivity index (χ1n) is 6.09. The van der Waals surface area contributed by atoms with E-state index in [9.17, 15) is 10.2 Å². The van der Waals surface area contributed by atoms with E-state index in [0.29, 0.717) is 21.5 Å². The number of fused-ring (bicyclic) bond motifs is 1. The normalized spacial score (nSPS) is 30.2. The van der Waals surface area contributed by atoms with Crippen LogP contribution in [-0.2, 0) is 4.74 Å². The van der Waals surface area contributed by atoms with Crippen molar-refractivity contribution in [3.8, 4) is 0 Å². The molecule has 1 saturated heterocycles. The third kappa shape index (κ3) is 1.95. The molecule has 1 fully saturated rings. The standard InChI is InChI=1S/C11H14N4O4S/c1-4-13-9-5(10(20)14-4)2-12-15(9)11-8(18)7(17)6(3-16)19-11/h2,6-8,11,16-18H,3H2,1H3,(H,13,14,20)/t6-,7-,8-,11-/m1/s1. The molecule has 4 atom stereocenters. The Kier molecular flexibility index (Phi) is 3.30. The molecule has 3 rings (SSSR count). The number of aromatic nitrogens is 4. The zero-order valence-corrected chi connectivity index (χ0v) is 11.4. The van der Waals surface area contributed by atoms with Gasteiger partial charge in [0.25, 0.3) is 0 Å². The maximum absolute atomic E-state index is 10.0. The minimum atomic E-state index is -1.19. The number of aryl methyl sites for hydroxylation is 1. The van der Waals surface area contributed by atoms with Gasteiger partial charge in [-0.05, 0) is 6.92 Å². The highest BCUT2D eigenvalue weighted by Crippen LogP contribution is 2.30. The van der Waals surface area contributed by atoms with Crippen molar-refractivity contribution in [3.63, 3.8) is 0 Å². The van der Waals surface area contributed by atoms with Gasteiger partial charge < -0.3 is 25.0 Å². The van der Waals surface area contributed by atoms with Gasteiger partial charge in [-0.25, -0.2) is 9.67 Å². The first kappa shape index (κ1) is 13.6. The van der Waals surface area contributed by atoms with Crippen molar-refractivity contribution in [1.29, 1.82) is 0 Å². The van der Waals surface area contributed by atoms with Crippen molar-refractivity contribution in [2.75, 3.05) is 6.61 Å². The number of aromatic amines is 1. The molecule has 20 heavy (non-hydrogen) atoms. The lowest BCUT2D eigenvalue weighted by Gasteiger charge is -2.16. The number of ether oxygens (including phenoxy) is 1. The molecule has 1 aliphatic rings. The van der Waals surface area contributed by atoms with Crippen molar-refractivity contribution in [3.05, 3.63) is 16.7 Å². The van der Waals surface area contributed by atoms with Crippen molar-refractivity contribution in [1.82, 2.24) is 19.7 Å². The van der Waals surface area contributed by atoms with Crippen LogP contribution in [0.5, 0.6) is 0 Å². The number of hydrogen-bond donors (Lipinski definition) is 4. The van der Waals surface area contributed by atoms with E-state index >= 15 is 0 Å². The average Bonchev–Trinajstić information content (AvgIpc) is 2.93. The second-order valence-electron chi connectivity index (χ2n) is 4.71. The second kappa shape index (κ2) is 4.86. The summed E-state index contributed by atoms with van der Waals surface area (Å²) in [6, 6.07) is 0. The number of nitrogens with one attached hydrogen (secondary N) is 1. The number of rotatable bonds is 2. The molecular formula is C11H14N4O4S. The van der Waals surface area contributed by atoms with Crippen LogP contribution in [-0.4, -0.2) is 60.0 Å². The molecule has 1 aliphatic heterocycles. The predicted octanol–water partition coefficient (Wildman–Crippen LogP) is -0.591. The molecule has 0 saturated carbocycles. The molecule has 4 N–H and O–H groups in total. The topological polar surface area (TPSA) is 116 Å². The third-order valence-electron chi connectivity index (χ3n) is 3.35. The summed E-state index contributed by atoms with van der Waals surface area (Å²) in [5.41, 5.74) is 0.553. The van der Waals surface area contributed by atoms with Crippen LogP contribution in [0.25, 0.3) is 11.0 Å². The number of aliphatic hydroxyl groups excluding tert-OH is 3. The number of nitrogens with zero attached hydrogens (tertiary/aromatic N) is 3. The van der Waals surface area contributed by atoms with E-state index in [-0.39, 0.29) is 6.61 Å². The van der Waals surface area contributed by atoms with Crippen LogP contribution < -0.4 is 0 Å². The Balaban J connectivity index is 2.09. The summed E-state index contributed by atoms with van der Waals surface area (Å²) in [6.45, 7) is 1.37. The van der Waals surface area contributed by atoms with E-state index < -0.39 is 24.5 Å². The maximum Gasteiger partial charge on any atom is 0.181 e. The molecule has 0 amide bonds. The Morgan fingerprint density at radius 2 is 2.20 bits per heavy atom. The first-order valence-corrected chi connectivity index (χ1v) is 6.50. The molecule has 0 aliphatic carbocycles. The molecule has 108 valence electrons. The Labute approximate surface area is 118 Å². The van der Waals surface area contributed by atoms with Crippen molar-refractivity contribution >= 4 is 23.3 Å². The van der Waals surface area contributed by atoms with Crippen molar-refractivity contribution < 1.29 is 20.1 Å². The van der Waals surface area contributed by atoms with E-state index in [1.807, 2.05) is 0 Å². The van der Waals surface area contributed by atoms with Crippen LogP contribution in [0.15, 0.2) is 6.20 Å². The quantitative estimate of drug-likeness (QED) is 0.547. The van der Waals surface area contributed by atoms with Gasteiger partial charge in [0.2, 0.25) is 0 Å². The zero-order valence-electron chi connectivity index (χ0n) is 10.6. The van der Waals surface area contributed by atoms with E-state index in [1.165, 1.54) is 10.9 Å². The zero-order chi connectivity index (χ0) is 14.4. The molecule has 0 aromatic carbocycles. The van der Waals surface area contributed by atoms with Crippen molar-refractivity contribution in [2.45, 2.75) is 31.5 Å². The highest BCUT2D eigenvalue weighted by atomic mass is 32.1. The van der Waals surface area contributed by atoms with Crippen LogP contribution in [0.3, 0.4) is 0 Å². The van der Waals surface area contributed by atoms with Gasteiger partial charge in [0.1, 0.15) is 34.4 Å². The molecule has 0 radical (unpaired) electrons. The summed E-state index contributed by atoms with van der Waals surface area (Å²) < 4.78 is 7.25. The highest BCUT2D eigenvalue weighted by Gasteiger charge is 2.44.